The molecule has 2 aliphatic rings. The molecule has 1 aromatic carbocycles. The third-order valence-corrected chi connectivity index (χ3v) is 6.43. The fraction of sp³-hybridized carbons (Fsp3) is 0.696. The van der Waals surface area contributed by atoms with Crippen molar-refractivity contribution < 1.29 is 9.53 Å². The third kappa shape index (κ3) is 5.55. The predicted octanol–water partition coefficient (Wildman–Crippen LogP) is 4.39. The minimum atomic E-state index is 0.213. The first-order valence-electron chi connectivity index (χ1n) is 10.8. The summed E-state index contributed by atoms with van der Waals surface area (Å²) < 4.78 is 5.87. The van der Waals surface area contributed by atoms with Crippen molar-refractivity contribution >= 4 is 5.78 Å². The van der Waals surface area contributed by atoms with E-state index in [9.17, 15) is 4.79 Å². The quantitative estimate of drug-likeness (QED) is 0.501. The molecule has 0 bridgehead atoms. The first-order chi connectivity index (χ1) is 13.0. The number of piperidine rings is 1. The fourth-order valence-corrected chi connectivity index (χ4v) is 4.56. The highest BCUT2D eigenvalue weighted by Gasteiger charge is 2.26. The second-order valence-corrected chi connectivity index (χ2v) is 8.48. The number of benzene rings is 1. The van der Waals surface area contributed by atoms with Crippen LogP contribution in [-0.4, -0.2) is 59.9 Å². The number of ether oxygens (including phenoxy) is 1. The molecule has 2 heterocycles. The summed E-state index contributed by atoms with van der Waals surface area (Å²) in [5.74, 6) is 1.07. The number of Topliss-reactive ketones (excluding diaryl/α,β-unsaturated/α-hetero) is 1. The molecule has 3 atom stereocenters. The zero-order valence-electron chi connectivity index (χ0n) is 17.3. The third-order valence-electron chi connectivity index (χ3n) is 6.43. The molecule has 3 unspecified atom stereocenters. The smallest absolute Gasteiger partial charge is 0.176 e. The lowest BCUT2D eigenvalue weighted by Gasteiger charge is -2.38. The summed E-state index contributed by atoms with van der Waals surface area (Å²) in [5.41, 5.74) is 0.790. The van der Waals surface area contributed by atoms with Crippen molar-refractivity contribution in [3.8, 4) is 5.75 Å². The van der Waals surface area contributed by atoms with Crippen LogP contribution in [0.2, 0.25) is 0 Å². The standard InChI is InChI=1S/C23H36N2O2/c1-18-9-5-14-24(18)15-6-16-27-22-12-10-21(11-13-22)23(26)17-25-19(2)7-4-8-20(25)3/h10-13,18-20H,4-9,14-17H2,1-3H3. The topological polar surface area (TPSA) is 32.8 Å². The molecule has 0 saturated carbocycles. The molecule has 4 nitrogen and oxygen atoms in total. The number of hydrogen-bond donors (Lipinski definition) is 0. The van der Waals surface area contributed by atoms with E-state index in [2.05, 4.69) is 30.6 Å². The van der Waals surface area contributed by atoms with E-state index in [4.69, 9.17) is 4.74 Å². The van der Waals surface area contributed by atoms with Crippen molar-refractivity contribution in [3.63, 3.8) is 0 Å². The van der Waals surface area contributed by atoms with Gasteiger partial charge in [0.15, 0.2) is 5.78 Å². The Labute approximate surface area is 164 Å². The van der Waals surface area contributed by atoms with Crippen molar-refractivity contribution in [2.45, 2.75) is 77.4 Å². The van der Waals surface area contributed by atoms with E-state index in [0.717, 1.165) is 36.9 Å². The zero-order valence-corrected chi connectivity index (χ0v) is 17.3. The maximum atomic E-state index is 12.7. The molecule has 2 saturated heterocycles. The Balaban J connectivity index is 1.43. The Kier molecular flexibility index (Phi) is 7.31. The molecular formula is C23H36N2O2. The first kappa shape index (κ1) is 20.3. The Bertz CT molecular complexity index is 591. The van der Waals surface area contributed by atoms with E-state index >= 15 is 0 Å². The number of hydrogen-bond acceptors (Lipinski definition) is 4. The average Bonchev–Trinajstić information content (AvgIpc) is 3.07. The van der Waals surface area contributed by atoms with Crippen LogP contribution in [0, 0.1) is 0 Å². The first-order valence-corrected chi connectivity index (χ1v) is 10.8. The Hall–Kier alpha value is -1.39. The van der Waals surface area contributed by atoms with Crippen molar-refractivity contribution in [2.24, 2.45) is 0 Å². The number of rotatable bonds is 8. The van der Waals surface area contributed by atoms with E-state index in [1.54, 1.807) is 0 Å². The summed E-state index contributed by atoms with van der Waals surface area (Å²) in [6, 6.07) is 9.43. The van der Waals surface area contributed by atoms with Crippen molar-refractivity contribution in [3.05, 3.63) is 29.8 Å². The van der Waals surface area contributed by atoms with Gasteiger partial charge in [0.25, 0.3) is 0 Å². The van der Waals surface area contributed by atoms with E-state index in [0.29, 0.717) is 18.6 Å². The van der Waals surface area contributed by atoms with Gasteiger partial charge in [0.1, 0.15) is 5.75 Å². The molecule has 27 heavy (non-hydrogen) atoms. The highest BCUT2D eigenvalue weighted by atomic mass is 16.5. The normalized spacial score (nSPS) is 27.0. The zero-order chi connectivity index (χ0) is 19.2. The van der Waals surface area contributed by atoms with Gasteiger partial charge in [-0.15, -0.1) is 0 Å². The van der Waals surface area contributed by atoms with Crippen LogP contribution < -0.4 is 4.74 Å². The summed E-state index contributed by atoms with van der Waals surface area (Å²) in [6.45, 7) is 10.4. The molecule has 3 rings (SSSR count). The summed E-state index contributed by atoms with van der Waals surface area (Å²) in [5, 5.41) is 0. The van der Waals surface area contributed by atoms with Gasteiger partial charge in [-0.25, -0.2) is 0 Å². The Morgan fingerprint density at radius 1 is 1.00 bits per heavy atom. The lowest BCUT2D eigenvalue weighted by atomic mass is 9.96. The van der Waals surface area contributed by atoms with Crippen LogP contribution in [0.4, 0.5) is 0 Å². The molecule has 0 aromatic heterocycles. The number of carbonyl (C=O) groups is 1. The van der Waals surface area contributed by atoms with Crippen LogP contribution in [0.15, 0.2) is 24.3 Å². The summed E-state index contributed by atoms with van der Waals surface area (Å²) in [4.78, 5) is 17.6. The van der Waals surface area contributed by atoms with Gasteiger partial charge in [0.2, 0.25) is 0 Å². The highest BCUT2D eigenvalue weighted by Crippen LogP contribution is 2.23. The van der Waals surface area contributed by atoms with Crippen molar-refractivity contribution in [1.82, 2.24) is 9.80 Å². The van der Waals surface area contributed by atoms with Crippen LogP contribution >= 0.6 is 0 Å². The number of carbonyl (C=O) groups excluding carboxylic acids is 1. The lowest BCUT2D eigenvalue weighted by Crippen LogP contribution is -2.46. The van der Waals surface area contributed by atoms with Crippen LogP contribution in [-0.2, 0) is 0 Å². The second-order valence-electron chi connectivity index (χ2n) is 8.48. The van der Waals surface area contributed by atoms with Crippen LogP contribution in [0.5, 0.6) is 5.75 Å². The van der Waals surface area contributed by atoms with Gasteiger partial charge >= 0.3 is 0 Å². The Morgan fingerprint density at radius 3 is 2.30 bits per heavy atom. The molecule has 1 aromatic rings. The van der Waals surface area contributed by atoms with E-state index in [1.165, 1.54) is 38.6 Å². The molecule has 0 radical (unpaired) electrons. The van der Waals surface area contributed by atoms with E-state index in [-0.39, 0.29) is 5.78 Å². The fourth-order valence-electron chi connectivity index (χ4n) is 4.56. The monoisotopic (exact) mass is 372 g/mol. The van der Waals surface area contributed by atoms with Gasteiger partial charge in [-0.05, 0) is 83.7 Å². The van der Waals surface area contributed by atoms with Gasteiger partial charge in [-0.3, -0.25) is 9.69 Å². The predicted molar refractivity (Wildman–Crippen MR) is 111 cm³/mol. The minimum absolute atomic E-state index is 0.213. The minimum Gasteiger partial charge on any atom is -0.494 e. The van der Waals surface area contributed by atoms with Gasteiger partial charge in [-0.1, -0.05) is 6.42 Å². The van der Waals surface area contributed by atoms with Gasteiger partial charge in [0.05, 0.1) is 13.2 Å². The molecule has 0 aliphatic carbocycles. The Morgan fingerprint density at radius 2 is 1.67 bits per heavy atom. The van der Waals surface area contributed by atoms with Crippen molar-refractivity contribution in [2.75, 3.05) is 26.2 Å². The highest BCUT2D eigenvalue weighted by molar-refractivity contribution is 5.97. The van der Waals surface area contributed by atoms with Crippen molar-refractivity contribution in [1.29, 1.82) is 0 Å². The van der Waals surface area contributed by atoms with Crippen LogP contribution in [0.25, 0.3) is 0 Å². The van der Waals surface area contributed by atoms with Gasteiger partial charge < -0.3 is 9.64 Å². The van der Waals surface area contributed by atoms with Gasteiger partial charge in [-0.2, -0.15) is 0 Å². The van der Waals surface area contributed by atoms with Gasteiger partial charge in [0, 0.05) is 30.2 Å². The van der Waals surface area contributed by atoms with Crippen LogP contribution in [0.1, 0.15) is 69.7 Å². The molecule has 0 amide bonds. The molecule has 0 N–H and O–H groups in total. The molecule has 4 heteroatoms. The second kappa shape index (κ2) is 9.70. The molecule has 2 fully saturated rings. The molecule has 0 spiro atoms. The van der Waals surface area contributed by atoms with Crippen LogP contribution in [0.3, 0.4) is 0 Å². The summed E-state index contributed by atoms with van der Waals surface area (Å²) >= 11 is 0. The summed E-state index contributed by atoms with van der Waals surface area (Å²) in [6.07, 6.45) is 7.37. The maximum Gasteiger partial charge on any atom is 0.176 e. The molecule has 2 aliphatic heterocycles. The number of likely N-dealkylation sites (tertiary alicyclic amines) is 2. The lowest BCUT2D eigenvalue weighted by molar-refractivity contribution is 0.0734. The molecular weight excluding hydrogens is 336 g/mol. The SMILES string of the molecule is CC1CCCN1CCCOc1ccc(C(=O)CN2C(C)CCCC2C)cc1. The maximum absolute atomic E-state index is 12.7. The summed E-state index contributed by atoms with van der Waals surface area (Å²) in [7, 11) is 0. The number of nitrogens with zero attached hydrogens (tertiary/aromatic N) is 2. The largest absolute Gasteiger partial charge is 0.494 e. The average molecular weight is 373 g/mol. The molecule has 150 valence electrons. The number of ketones is 1. The van der Waals surface area contributed by atoms with E-state index in [1.807, 2.05) is 24.3 Å². The van der Waals surface area contributed by atoms with E-state index < -0.39 is 0 Å².